The third-order valence-electron chi connectivity index (χ3n) is 3.46. The van der Waals surface area contributed by atoms with Gasteiger partial charge in [-0.25, -0.2) is 4.39 Å². The summed E-state index contributed by atoms with van der Waals surface area (Å²) in [6, 6.07) is 5.78. The minimum Gasteiger partial charge on any atom is -0.396 e. The van der Waals surface area contributed by atoms with Crippen molar-refractivity contribution >= 4 is 5.91 Å². The number of benzene rings is 1. The van der Waals surface area contributed by atoms with E-state index in [2.05, 4.69) is 0 Å². The molecule has 0 atom stereocenters. The lowest BCUT2D eigenvalue weighted by molar-refractivity contribution is 0.00396. The number of carbonyl (C=O) groups is 1. The molecule has 1 heterocycles. The molecule has 20 heavy (non-hydrogen) atoms. The van der Waals surface area contributed by atoms with Crippen LogP contribution in [0.1, 0.15) is 29.6 Å². The molecule has 4 nitrogen and oxygen atoms in total. The lowest BCUT2D eigenvalue weighted by Gasteiger charge is -2.32. The molecule has 0 aliphatic carbocycles. The highest BCUT2D eigenvalue weighted by atomic mass is 19.1. The lowest BCUT2D eigenvalue weighted by atomic mass is 10.1. The predicted octanol–water partition coefficient (Wildman–Crippen LogP) is 1.83. The van der Waals surface area contributed by atoms with Gasteiger partial charge in [-0.05, 0) is 37.5 Å². The summed E-state index contributed by atoms with van der Waals surface area (Å²) >= 11 is 0. The van der Waals surface area contributed by atoms with Crippen molar-refractivity contribution in [3.8, 4) is 0 Å². The van der Waals surface area contributed by atoms with Crippen LogP contribution in [0, 0.1) is 5.82 Å². The molecule has 1 fully saturated rings. The topological polar surface area (TPSA) is 49.8 Å². The van der Waals surface area contributed by atoms with Gasteiger partial charge in [0, 0.05) is 31.9 Å². The number of piperidine rings is 1. The van der Waals surface area contributed by atoms with Crippen LogP contribution in [0.3, 0.4) is 0 Å². The lowest BCUT2D eigenvalue weighted by Crippen LogP contribution is -2.41. The maximum Gasteiger partial charge on any atom is 0.253 e. The number of carbonyl (C=O) groups excluding carboxylic acids is 1. The summed E-state index contributed by atoms with van der Waals surface area (Å²) in [7, 11) is 0. The van der Waals surface area contributed by atoms with Gasteiger partial charge in [-0.3, -0.25) is 4.79 Å². The zero-order chi connectivity index (χ0) is 14.4. The first-order chi connectivity index (χ1) is 9.70. The van der Waals surface area contributed by atoms with E-state index in [0.29, 0.717) is 31.7 Å². The fraction of sp³-hybridized carbons (Fsp3) is 0.533. The van der Waals surface area contributed by atoms with E-state index in [4.69, 9.17) is 9.84 Å². The summed E-state index contributed by atoms with van der Waals surface area (Å²) in [6.07, 6.45) is 2.36. The van der Waals surface area contributed by atoms with Gasteiger partial charge in [0.05, 0.1) is 6.10 Å². The van der Waals surface area contributed by atoms with Gasteiger partial charge in [0.2, 0.25) is 0 Å². The number of aliphatic hydroxyl groups is 1. The van der Waals surface area contributed by atoms with Crippen LogP contribution in [-0.2, 0) is 4.74 Å². The number of amides is 1. The molecule has 1 saturated heterocycles. The Kier molecular flexibility index (Phi) is 5.49. The fourth-order valence-corrected chi connectivity index (χ4v) is 2.34. The van der Waals surface area contributed by atoms with Gasteiger partial charge in [0.1, 0.15) is 5.82 Å². The number of nitrogens with zero attached hydrogens (tertiary/aromatic N) is 1. The van der Waals surface area contributed by atoms with Gasteiger partial charge < -0.3 is 14.7 Å². The van der Waals surface area contributed by atoms with Crippen molar-refractivity contribution < 1.29 is 19.0 Å². The molecule has 2 rings (SSSR count). The Morgan fingerprint density at radius 1 is 1.40 bits per heavy atom. The van der Waals surface area contributed by atoms with Crippen molar-refractivity contribution in [1.82, 2.24) is 4.90 Å². The van der Waals surface area contributed by atoms with Crippen LogP contribution >= 0.6 is 0 Å². The van der Waals surface area contributed by atoms with Crippen LogP contribution in [0.15, 0.2) is 24.3 Å². The van der Waals surface area contributed by atoms with E-state index < -0.39 is 5.82 Å². The highest BCUT2D eigenvalue weighted by molar-refractivity contribution is 5.94. The Balaban J connectivity index is 1.83. The van der Waals surface area contributed by atoms with Crippen molar-refractivity contribution in [2.75, 3.05) is 26.3 Å². The first-order valence-electron chi connectivity index (χ1n) is 6.98. The average Bonchev–Trinajstić information content (AvgIpc) is 2.47. The summed E-state index contributed by atoms with van der Waals surface area (Å²) in [5, 5.41) is 8.70. The Hall–Kier alpha value is -1.46. The van der Waals surface area contributed by atoms with E-state index in [9.17, 15) is 9.18 Å². The molecule has 0 saturated carbocycles. The zero-order valence-corrected chi connectivity index (χ0v) is 11.4. The van der Waals surface area contributed by atoms with Crippen LogP contribution in [-0.4, -0.2) is 48.3 Å². The third kappa shape index (κ3) is 4.02. The molecule has 5 heteroatoms. The second kappa shape index (κ2) is 7.36. The Morgan fingerprint density at radius 3 is 2.80 bits per heavy atom. The molecule has 0 spiro atoms. The van der Waals surface area contributed by atoms with Gasteiger partial charge in [-0.15, -0.1) is 0 Å². The van der Waals surface area contributed by atoms with Crippen LogP contribution < -0.4 is 0 Å². The van der Waals surface area contributed by atoms with Crippen LogP contribution in [0.5, 0.6) is 0 Å². The Bertz CT molecular complexity index is 444. The summed E-state index contributed by atoms with van der Waals surface area (Å²) in [6.45, 7) is 1.94. The number of hydrogen-bond donors (Lipinski definition) is 1. The highest BCUT2D eigenvalue weighted by Crippen LogP contribution is 2.17. The number of aliphatic hydroxyl groups excluding tert-OH is 1. The Labute approximate surface area is 118 Å². The molecule has 1 aliphatic heterocycles. The highest BCUT2D eigenvalue weighted by Gasteiger charge is 2.24. The van der Waals surface area contributed by atoms with Gasteiger partial charge in [-0.1, -0.05) is 6.07 Å². The average molecular weight is 281 g/mol. The van der Waals surface area contributed by atoms with E-state index in [1.54, 1.807) is 17.0 Å². The quantitative estimate of drug-likeness (QED) is 0.838. The number of likely N-dealkylation sites (tertiary alicyclic amines) is 1. The van der Waals surface area contributed by atoms with Crippen molar-refractivity contribution in [2.24, 2.45) is 0 Å². The summed E-state index contributed by atoms with van der Waals surface area (Å²) in [5.74, 6) is -0.517. The summed E-state index contributed by atoms with van der Waals surface area (Å²) in [4.78, 5) is 13.9. The number of halogens is 1. The minimum atomic E-state index is -0.391. The first-order valence-corrected chi connectivity index (χ1v) is 6.98. The van der Waals surface area contributed by atoms with Gasteiger partial charge in [-0.2, -0.15) is 0 Å². The van der Waals surface area contributed by atoms with E-state index in [-0.39, 0.29) is 18.6 Å². The van der Waals surface area contributed by atoms with Crippen LogP contribution in [0.2, 0.25) is 0 Å². The van der Waals surface area contributed by atoms with E-state index in [1.807, 2.05) is 0 Å². The van der Waals surface area contributed by atoms with Crippen LogP contribution in [0.25, 0.3) is 0 Å². The molecule has 1 N–H and O–H groups in total. The van der Waals surface area contributed by atoms with Gasteiger partial charge in [0.15, 0.2) is 0 Å². The van der Waals surface area contributed by atoms with E-state index in [0.717, 1.165) is 12.8 Å². The monoisotopic (exact) mass is 281 g/mol. The number of rotatable bonds is 5. The van der Waals surface area contributed by atoms with Crippen molar-refractivity contribution in [3.05, 3.63) is 35.6 Å². The van der Waals surface area contributed by atoms with Crippen molar-refractivity contribution in [3.63, 3.8) is 0 Å². The van der Waals surface area contributed by atoms with E-state index >= 15 is 0 Å². The molecule has 1 aromatic carbocycles. The second-order valence-corrected chi connectivity index (χ2v) is 4.95. The van der Waals surface area contributed by atoms with Gasteiger partial charge in [0.25, 0.3) is 5.91 Å². The maximum atomic E-state index is 13.1. The second-order valence-electron chi connectivity index (χ2n) is 4.95. The molecular formula is C15H20FNO3. The molecule has 1 aliphatic rings. The molecule has 0 aromatic heterocycles. The third-order valence-corrected chi connectivity index (χ3v) is 3.46. The smallest absolute Gasteiger partial charge is 0.253 e. The summed E-state index contributed by atoms with van der Waals surface area (Å²) < 4.78 is 18.7. The number of hydrogen-bond acceptors (Lipinski definition) is 3. The van der Waals surface area contributed by atoms with E-state index in [1.165, 1.54) is 12.1 Å². The van der Waals surface area contributed by atoms with Crippen LogP contribution in [0.4, 0.5) is 4.39 Å². The normalized spacial score (nSPS) is 16.4. The zero-order valence-electron chi connectivity index (χ0n) is 11.4. The standard InChI is InChI=1S/C15H20FNO3/c16-13-4-1-3-12(11-13)15(19)17-7-5-14(6-8-17)20-10-2-9-18/h1,3-4,11,14,18H,2,5-10H2. The molecule has 1 amide bonds. The predicted molar refractivity (Wildman–Crippen MR) is 73.0 cm³/mol. The minimum absolute atomic E-state index is 0.127. The molecule has 0 bridgehead atoms. The SMILES string of the molecule is O=C(c1cccc(F)c1)N1CCC(OCCCO)CC1. The molecule has 0 unspecified atom stereocenters. The molecule has 110 valence electrons. The fourth-order valence-electron chi connectivity index (χ4n) is 2.34. The number of ether oxygens (including phenoxy) is 1. The summed E-state index contributed by atoms with van der Waals surface area (Å²) in [5.41, 5.74) is 0.393. The molecular weight excluding hydrogens is 261 g/mol. The van der Waals surface area contributed by atoms with Crippen molar-refractivity contribution in [2.45, 2.75) is 25.4 Å². The molecule has 0 radical (unpaired) electrons. The maximum absolute atomic E-state index is 13.1. The van der Waals surface area contributed by atoms with Crippen molar-refractivity contribution in [1.29, 1.82) is 0 Å². The molecule has 1 aromatic rings. The van der Waals surface area contributed by atoms with Gasteiger partial charge >= 0.3 is 0 Å². The largest absolute Gasteiger partial charge is 0.396 e. The first kappa shape index (κ1) is 14.9. The Morgan fingerprint density at radius 2 is 2.15 bits per heavy atom.